The van der Waals surface area contributed by atoms with Crippen molar-refractivity contribution in [1.29, 1.82) is 0 Å². The maximum absolute atomic E-state index is 11.8. The van der Waals surface area contributed by atoms with E-state index < -0.39 is 23.5 Å². The zero-order valence-corrected chi connectivity index (χ0v) is 10.4. The summed E-state index contributed by atoms with van der Waals surface area (Å²) in [6.45, 7) is 1.70. The number of halogens is 1. The molecular weight excluding hydrogens is 256 g/mol. The number of hydrogen-bond acceptors (Lipinski definition) is 3. The number of Topliss-reactive ketones (excluding diaryl/α,β-unsaturated/α-hetero) is 1. The van der Waals surface area contributed by atoms with Gasteiger partial charge in [0, 0.05) is 11.6 Å². The van der Waals surface area contributed by atoms with E-state index in [1.165, 1.54) is 11.0 Å². The third-order valence-electron chi connectivity index (χ3n) is 2.88. The van der Waals surface area contributed by atoms with Gasteiger partial charge in [-0.2, -0.15) is 0 Å². The van der Waals surface area contributed by atoms with E-state index >= 15 is 0 Å². The Kier molecular flexibility index (Phi) is 3.09. The molecule has 1 unspecified atom stereocenters. The molecule has 1 aromatic rings. The molecule has 0 radical (unpaired) electrons. The van der Waals surface area contributed by atoms with Gasteiger partial charge in [0.05, 0.1) is 17.2 Å². The van der Waals surface area contributed by atoms with Gasteiger partial charge in [-0.3, -0.25) is 14.4 Å². The zero-order chi connectivity index (χ0) is 13.4. The van der Waals surface area contributed by atoms with Crippen molar-refractivity contribution in [3.05, 3.63) is 28.8 Å². The van der Waals surface area contributed by atoms with E-state index in [-0.39, 0.29) is 12.1 Å². The Morgan fingerprint density at radius 2 is 2.11 bits per heavy atom. The minimum absolute atomic E-state index is 0.0918. The van der Waals surface area contributed by atoms with Crippen LogP contribution < -0.4 is 10.6 Å². The highest BCUT2D eigenvalue weighted by Crippen LogP contribution is 2.31. The van der Waals surface area contributed by atoms with E-state index in [9.17, 15) is 14.4 Å². The van der Waals surface area contributed by atoms with Crippen molar-refractivity contribution in [2.45, 2.75) is 6.92 Å². The summed E-state index contributed by atoms with van der Waals surface area (Å²) in [5.41, 5.74) is 5.90. The molecule has 94 valence electrons. The smallest absolute Gasteiger partial charge is 0.299 e. The summed E-state index contributed by atoms with van der Waals surface area (Å²) < 4.78 is 0. The Balaban J connectivity index is 2.37. The van der Waals surface area contributed by atoms with Crippen molar-refractivity contribution in [2.24, 2.45) is 11.7 Å². The molecule has 2 N–H and O–H groups in total. The Morgan fingerprint density at radius 1 is 1.44 bits per heavy atom. The molecule has 2 amide bonds. The number of rotatable bonds is 3. The summed E-state index contributed by atoms with van der Waals surface area (Å²) in [7, 11) is 0. The fraction of sp³-hybridized carbons (Fsp3) is 0.250. The molecule has 0 saturated carbocycles. The van der Waals surface area contributed by atoms with Crippen molar-refractivity contribution in [3.8, 4) is 0 Å². The number of anilines is 1. The van der Waals surface area contributed by atoms with E-state index in [4.69, 9.17) is 17.3 Å². The summed E-state index contributed by atoms with van der Waals surface area (Å²) in [5, 5.41) is 0.389. The molecule has 1 aliphatic heterocycles. The van der Waals surface area contributed by atoms with E-state index in [1.807, 2.05) is 0 Å². The average molecular weight is 267 g/mol. The van der Waals surface area contributed by atoms with Crippen LogP contribution in [0.2, 0.25) is 5.02 Å². The minimum atomic E-state index is -0.652. The highest BCUT2D eigenvalue weighted by Gasteiger charge is 2.36. The monoisotopic (exact) mass is 266 g/mol. The summed E-state index contributed by atoms with van der Waals surface area (Å²) in [6.07, 6.45) is 0. The SMILES string of the molecule is CC(CN1C(=O)C(=O)c2cc(Cl)ccc21)C(N)=O. The first kappa shape index (κ1) is 12.6. The second-order valence-corrected chi connectivity index (χ2v) is 4.65. The highest BCUT2D eigenvalue weighted by molar-refractivity contribution is 6.52. The van der Waals surface area contributed by atoms with E-state index in [0.717, 1.165) is 0 Å². The van der Waals surface area contributed by atoms with Gasteiger partial charge in [0.15, 0.2) is 0 Å². The normalized spacial score (nSPS) is 15.8. The summed E-state index contributed by atoms with van der Waals surface area (Å²) >= 11 is 5.78. The molecule has 18 heavy (non-hydrogen) atoms. The zero-order valence-electron chi connectivity index (χ0n) is 9.64. The molecular formula is C12H11ClN2O3. The number of benzene rings is 1. The van der Waals surface area contributed by atoms with Crippen LogP contribution in [-0.4, -0.2) is 24.1 Å². The molecule has 0 aliphatic carbocycles. The van der Waals surface area contributed by atoms with Gasteiger partial charge < -0.3 is 10.6 Å². The predicted octanol–water partition coefficient (Wildman–Crippen LogP) is 0.991. The number of ketones is 1. The molecule has 0 bridgehead atoms. The van der Waals surface area contributed by atoms with Crippen LogP contribution in [0.3, 0.4) is 0 Å². The van der Waals surface area contributed by atoms with Crippen LogP contribution in [0.15, 0.2) is 18.2 Å². The van der Waals surface area contributed by atoms with Gasteiger partial charge in [-0.05, 0) is 18.2 Å². The van der Waals surface area contributed by atoms with Crippen LogP contribution in [0.1, 0.15) is 17.3 Å². The number of carbonyl (C=O) groups is 3. The largest absolute Gasteiger partial charge is 0.369 e. The van der Waals surface area contributed by atoms with Gasteiger partial charge in [0.1, 0.15) is 0 Å². The van der Waals surface area contributed by atoms with E-state index in [1.54, 1.807) is 19.1 Å². The second kappa shape index (κ2) is 4.42. The molecule has 1 aromatic carbocycles. The molecule has 1 atom stereocenters. The lowest BCUT2D eigenvalue weighted by atomic mass is 10.1. The van der Waals surface area contributed by atoms with Crippen molar-refractivity contribution < 1.29 is 14.4 Å². The number of carbonyl (C=O) groups excluding carboxylic acids is 3. The first-order valence-corrected chi connectivity index (χ1v) is 5.74. The Morgan fingerprint density at radius 3 is 2.72 bits per heavy atom. The number of fused-ring (bicyclic) bond motifs is 1. The first-order chi connectivity index (χ1) is 8.41. The van der Waals surface area contributed by atoms with E-state index in [2.05, 4.69) is 0 Å². The van der Waals surface area contributed by atoms with Crippen LogP contribution in [0.25, 0.3) is 0 Å². The van der Waals surface area contributed by atoms with E-state index in [0.29, 0.717) is 10.7 Å². The average Bonchev–Trinajstić information content (AvgIpc) is 2.54. The van der Waals surface area contributed by atoms with Crippen molar-refractivity contribution in [3.63, 3.8) is 0 Å². The number of hydrogen-bond donors (Lipinski definition) is 1. The third-order valence-corrected chi connectivity index (χ3v) is 3.11. The molecule has 6 heteroatoms. The predicted molar refractivity (Wildman–Crippen MR) is 66.5 cm³/mol. The maximum atomic E-state index is 11.8. The summed E-state index contributed by atoms with van der Waals surface area (Å²) in [4.78, 5) is 35.8. The lowest BCUT2D eigenvalue weighted by Gasteiger charge is -2.19. The van der Waals surface area contributed by atoms with Gasteiger partial charge in [-0.25, -0.2) is 0 Å². The lowest BCUT2D eigenvalue weighted by molar-refractivity contribution is -0.121. The Bertz CT molecular complexity index is 556. The molecule has 5 nitrogen and oxygen atoms in total. The Hall–Kier alpha value is -1.88. The first-order valence-electron chi connectivity index (χ1n) is 5.37. The molecule has 1 aliphatic rings. The third kappa shape index (κ3) is 1.97. The molecule has 2 rings (SSSR count). The molecule has 0 aromatic heterocycles. The molecule has 0 fully saturated rings. The fourth-order valence-electron chi connectivity index (χ4n) is 1.82. The van der Waals surface area contributed by atoms with Crippen LogP contribution in [0.5, 0.6) is 0 Å². The van der Waals surface area contributed by atoms with Crippen LogP contribution in [0, 0.1) is 5.92 Å². The number of amides is 2. The Labute approximate surface area is 109 Å². The highest BCUT2D eigenvalue weighted by atomic mass is 35.5. The van der Waals surface area contributed by atoms with Gasteiger partial charge in [-0.1, -0.05) is 18.5 Å². The van der Waals surface area contributed by atoms with Crippen molar-refractivity contribution >= 4 is 34.9 Å². The van der Waals surface area contributed by atoms with Gasteiger partial charge in [0.2, 0.25) is 5.91 Å². The van der Waals surface area contributed by atoms with Crippen LogP contribution in [-0.2, 0) is 9.59 Å². The van der Waals surface area contributed by atoms with Gasteiger partial charge in [0.25, 0.3) is 11.7 Å². The number of nitrogens with zero attached hydrogens (tertiary/aromatic N) is 1. The summed E-state index contributed by atoms with van der Waals surface area (Å²) in [5.74, 6) is -2.30. The van der Waals surface area contributed by atoms with Crippen molar-refractivity contribution in [2.75, 3.05) is 11.4 Å². The minimum Gasteiger partial charge on any atom is -0.369 e. The van der Waals surface area contributed by atoms with Crippen LogP contribution in [0.4, 0.5) is 5.69 Å². The fourth-order valence-corrected chi connectivity index (χ4v) is 1.99. The standard InChI is InChI=1S/C12H11ClN2O3/c1-6(11(14)17)5-15-9-3-2-7(13)4-8(9)10(16)12(15)18/h2-4,6H,5H2,1H3,(H2,14,17). The second-order valence-electron chi connectivity index (χ2n) is 4.21. The lowest BCUT2D eigenvalue weighted by Crippen LogP contribution is -2.38. The number of primary amides is 1. The molecule has 1 heterocycles. The summed E-state index contributed by atoms with van der Waals surface area (Å²) in [6, 6.07) is 4.63. The molecule has 0 spiro atoms. The van der Waals surface area contributed by atoms with Gasteiger partial charge >= 0.3 is 0 Å². The van der Waals surface area contributed by atoms with Crippen LogP contribution >= 0.6 is 11.6 Å². The van der Waals surface area contributed by atoms with Crippen molar-refractivity contribution in [1.82, 2.24) is 0 Å². The quantitative estimate of drug-likeness (QED) is 0.829. The molecule has 0 saturated heterocycles. The maximum Gasteiger partial charge on any atom is 0.299 e. The number of nitrogens with two attached hydrogens (primary N) is 1. The topological polar surface area (TPSA) is 80.5 Å². The van der Waals surface area contributed by atoms with Gasteiger partial charge in [-0.15, -0.1) is 0 Å².